The van der Waals surface area contributed by atoms with Crippen molar-refractivity contribution in [1.82, 2.24) is 4.90 Å². The molecule has 3 nitrogen and oxygen atoms in total. The number of nitriles is 1. The van der Waals surface area contributed by atoms with Crippen LogP contribution in [0.2, 0.25) is 0 Å². The van der Waals surface area contributed by atoms with Crippen molar-refractivity contribution in [3.8, 4) is 6.07 Å². The summed E-state index contributed by atoms with van der Waals surface area (Å²) in [6.45, 7) is 8.03. The highest BCUT2D eigenvalue weighted by molar-refractivity contribution is 8.04. The van der Waals surface area contributed by atoms with Crippen LogP contribution < -0.4 is 0 Å². The molecule has 1 heterocycles. The summed E-state index contributed by atoms with van der Waals surface area (Å²) in [5.41, 5.74) is 0.503. The first-order valence-corrected chi connectivity index (χ1v) is 7.40. The van der Waals surface area contributed by atoms with Gasteiger partial charge in [-0.05, 0) is 26.2 Å². The van der Waals surface area contributed by atoms with Gasteiger partial charge in [-0.3, -0.25) is 4.79 Å². The van der Waals surface area contributed by atoms with Crippen LogP contribution in [0.25, 0.3) is 0 Å². The van der Waals surface area contributed by atoms with Crippen molar-refractivity contribution in [2.45, 2.75) is 40.2 Å². The van der Waals surface area contributed by atoms with Gasteiger partial charge in [0.05, 0.1) is 16.4 Å². The normalized spacial score (nSPS) is 18.5. The van der Waals surface area contributed by atoms with Crippen LogP contribution in [-0.2, 0) is 4.79 Å². The molecule has 1 rings (SSSR count). The summed E-state index contributed by atoms with van der Waals surface area (Å²) in [4.78, 5) is 14.2. The molecule has 1 aliphatic rings. The minimum atomic E-state index is 0.0603. The molecule has 0 spiro atoms. The molecule has 0 aromatic heterocycles. The van der Waals surface area contributed by atoms with Crippen LogP contribution in [0, 0.1) is 17.2 Å². The van der Waals surface area contributed by atoms with Crippen LogP contribution in [0.5, 0.6) is 0 Å². The zero-order chi connectivity index (χ0) is 13.9. The van der Waals surface area contributed by atoms with E-state index in [0.29, 0.717) is 28.5 Å². The third-order valence-electron chi connectivity index (χ3n) is 2.53. The number of amides is 1. The first-order valence-electron chi connectivity index (χ1n) is 6.00. The Bertz CT molecular complexity index is 433. The molecule has 0 aliphatic carbocycles. The molecule has 5 heteroatoms. The highest BCUT2D eigenvalue weighted by atomic mass is 32.2. The molecule has 0 atom stereocenters. The minimum Gasteiger partial charge on any atom is -0.302 e. The average Bonchev–Trinajstić information content (AvgIpc) is 2.60. The Labute approximate surface area is 118 Å². The van der Waals surface area contributed by atoms with Crippen LogP contribution in [0.4, 0.5) is 0 Å². The topological polar surface area (TPSA) is 44.1 Å². The van der Waals surface area contributed by atoms with Crippen LogP contribution in [0.15, 0.2) is 10.6 Å². The van der Waals surface area contributed by atoms with Gasteiger partial charge in [-0.2, -0.15) is 5.26 Å². The third-order valence-corrected chi connectivity index (χ3v) is 3.97. The number of allylic oxidation sites excluding steroid dienone is 1. The Morgan fingerprint density at radius 2 is 2.11 bits per heavy atom. The first-order chi connectivity index (χ1) is 8.38. The number of hydrogen-bond donors (Lipinski definition) is 0. The summed E-state index contributed by atoms with van der Waals surface area (Å²) in [7, 11) is 0. The average molecular weight is 282 g/mol. The molecular formula is C13H18N2OS2. The van der Waals surface area contributed by atoms with E-state index in [-0.39, 0.29) is 11.9 Å². The molecule has 98 valence electrons. The monoisotopic (exact) mass is 282 g/mol. The number of thioether (sulfide) groups is 1. The van der Waals surface area contributed by atoms with E-state index in [1.807, 2.05) is 13.8 Å². The Kier molecular flexibility index (Phi) is 5.36. The quantitative estimate of drug-likeness (QED) is 0.451. The highest BCUT2D eigenvalue weighted by Gasteiger charge is 2.32. The van der Waals surface area contributed by atoms with E-state index in [0.717, 1.165) is 5.03 Å². The molecule has 1 aliphatic heterocycles. The molecule has 0 saturated carbocycles. The van der Waals surface area contributed by atoms with Gasteiger partial charge in [-0.25, -0.2) is 0 Å². The van der Waals surface area contributed by atoms with Gasteiger partial charge in [-0.1, -0.05) is 37.8 Å². The van der Waals surface area contributed by atoms with Crippen LogP contribution in [-0.4, -0.2) is 27.5 Å². The van der Waals surface area contributed by atoms with E-state index in [4.69, 9.17) is 12.2 Å². The van der Waals surface area contributed by atoms with Crippen molar-refractivity contribution in [3.63, 3.8) is 0 Å². The van der Waals surface area contributed by atoms with Crippen LogP contribution >= 0.6 is 24.0 Å². The maximum atomic E-state index is 11.8. The van der Waals surface area contributed by atoms with Crippen molar-refractivity contribution in [2.24, 2.45) is 5.92 Å². The molecular weight excluding hydrogens is 264 g/mol. The molecule has 0 radical (unpaired) electrons. The number of thiocarbonyl (C=S) groups is 1. The van der Waals surface area contributed by atoms with E-state index < -0.39 is 0 Å². The standard InChI is InChI=1S/C13H18N2OS2/c1-8(2)5-11(17)10(6-14)13-15(9(3)4)12(16)7-18-13/h8-9H,5,7H2,1-4H3/b13-10-. The zero-order valence-electron chi connectivity index (χ0n) is 11.2. The van der Waals surface area contributed by atoms with E-state index >= 15 is 0 Å². The van der Waals surface area contributed by atoms with Gasteiger partial charge in [0.1, 0.15) is 6.07 Å². The number of carbonyl (C=O) groups is 1. The molecule has 0 unspecified atom stereocenters. The van der Waals surface area contributed by atoms with Crippen LogP contribution in [0.1, 0.15) is 34.1 Å². The molecule has 1 fully saturated rings. The molecule has 1 saturated heterocycles. The van der Waals surface area contributed by atoms with Gasteiger partial charge < -0.3 is 4.90 Å². The first kappa shape index (κ1) is 15.2. The summed E-state index contributed by atoms with van der Waals surface area (Å²) < 4.78 is 0. The van der Waals surface area contributed by atoms with Crippen molar-refractivity contribution in [3.05, 3.63) is 10.6 Å². The van der Waals surface area contributed by atoms with Gasteiger partial charge in [0.2, 0.25) is 5.91 Å². The Morgan fingerprint density at radius 3 is 2.56 bits per heavy atom. The number of rotatable bonds is 4. The number of hydrogen-bond acceptors (Lipinski definition) is 4. The van der Waals surface area contributed by atoms with Gasteiger partial charge in [0.25, 0.3) is 0 Å². The highest BCUT2D eigenvalue weighted by Crippen LogP contribution is 2.34. The van der Waals surface area contributed by atoms with Crippen molar-refractivity contribution in [1.29, 1.82) is 5.26 Å². The number of nitrogens with zero attached hydrogens (tertiary/aromatic N) is 2. The molecule has 0 aromatic carbocycles. The van der Waals surface area contributed by atoms with E-state index in [9.17, 15) is 10.1 Å². The maximum Gasteiger partial charge on any atom is 0.238 e. The smallest absolute Gasteiger partial charge is 0.238 e. The summed E-state index contributed by atoms with van der Waals surface area (Å²) in [5.74, 6) is 0.879. The maximum absolute atomic E-state index is 11.8. The predicted octanol–water partition coefficient (Wildman–Crippen LogP) is 3.12. The summed E-state index contributed by atoms with van der Waals surface area (Å²) in [5, 5.41) is 10.0. The molecule has 18 heavy (non-hydrogen) atoms. The van der Waals surface area contributed by atoms with Gasteiger partial charge in [0, 0.05) is 10.9 Å². The lowest BCUT2D eigenvalue weighted by Crippen LogP contribution is -2.32. The molecule has 0 N–H and O–H groups in total. The number of carbonyl (C=O) groups excluding carboxylic acids is 1. The largest absolute Gasteiger partial charge is 0.302 e. The summed E-state index contributed by atoms with van der Waals surface area (Å²) in [6, 6.07) is 2.24. The van der Waals surface area contributed by atoms with Crippen molar-refractivity contribution < 1.29 is 4.79 Å². The molecule has 0 bridgehead atoms. The summed E-state index contributed by atoms with van der Waals surface area (Å²) >= 11 is 6.75. The minimum absolute atomic E-state index is 0.0603. The fourth-order valence-corrected chi connectivity index (χ4v) is 3.50. The fraction of sp³-hybridized carbons (Fsp3) is 0.615. The lowest BCUT2D eigenvalue weighted by molar-refractivity contribution is -0.126. The van der Waals surface area contributed by atoms with E-state index in [2.05, 4.69) is 19.9 Å². The second kappa shape index (κ2) is 6.35. The predicted molar refractivity (Wildman–Crippen MR) is 79.1 cm³/mol. The Morgan fingerprint density at radius 1 is 1.50 bits per heavy atom. The lowest BCUT2D eigenvalue weighted by Gasteiger charge is -2.22. The Balaban J connectivity index is 3.11. The second-order valence-electron chi connectivity index (χ2n) is 4.96. The van der Waals surface area contributed by atoms with Crippen LogP contribution in [0.3, 0.4) is 0 Å². The summed E-state index contributed by atoms with van der Waals surface area (Å²) in [6.07, 6.45) is 0.711. The van der Waals surface area contributed by atoms with Gasteiger partial charge >= 0.3 is 0 Å². The molecule has 0 aromatic rings. The van der Waals surface area contributed by atoms with Crippen molar-refractivity contribution >= 4 is 34.8 Å². The second-order valence-corrected chi connectivity index (χ2v) is 6.42. The van der Waals surface area contributed by atoms with E-state index in [1.54, 1.807) is 4.90 Å². The molecule has 1 amide bonds. The zero-order valence-corrected chi connectivity index (χ0v) is 12.8. The fourth-order valence-electron chi connectivity index (χ4n) is 1.80. The SMILES string of the molecule is CC(C)CC(=S)/C(C#N)=C1\SCC(=O)N1C(C)C. The van der Waals surface area contributed by atoms with Crippen molar-refractivity contribution in [2.75, 3.05) is 5.75 Å². The Hall–Kier alpha value is -0.860. The third kappa shape index (κ3) is 3.33. The van der Waals surface area contributed by atoms with Gasteiger partial charge in [-0.15, -0.1) is 0 Å². The van der Waals surface area contributed by atoms with E-state index in [1.165, 1.54) is 11.8 Å². The lowest BCUT2D eigenvalue weighted by atomic mass is 10.0. The van der Waals surface area contributed by atoms with Gasteiger partial charge in [0.15, 0.2) is 0 Å².